The molecule has 2 aromatic carbocycles. The fourth-order valence-electron chi connectivity index (χ4n) is 4.14. The monoisotopic (exact) mass is 580 g/mol. The standard InChI is InChI=1S/C25H27Cl2FN6O3S/c1-16-7-9-18(10-8-16)38(36,37)32-31-23(22-19(26)5-4-6-20(22)27)34-12-11-33(15-21(34)25(2,3)35)24-29-13-17(28)14-30-24/h4-10,13-14,21,32,35H,11-12,15H2,1-3H3/b31-23+. The second-order valence-electron chi connectivity index (χ2n) is 9.45. The Hall–Kier alpha value is -2.99. The molecule has 0 aliphatic carbocycles. The van der Waals surface area contributed by atoms with Gasteiger partial charge in [-0.1, -0.05) is 47.0 Å². The molecule has 4 rings (SSSR count). The first-order valence-corrected chi connectivity index (χ1v) is 13.9. The minimum absolute atomic E-state index is 0.0359. The van der Waals surface area contributed by atoms with Gasteiger partial charge in [0.25, 0.3) is 10.0 Å². The van der Waals surface area contributed by atoms with Crippen molar-refractivity contribution in [3.8, 4) is 0 Å². The molecule has 1 aliphatic rings. The second-order valence-corrected chi connectivity index (χ2v) is 11.9. The normalized spacial score (nSPS) is 17.0. The van der Waals surface area contributed by atoms with Crippen LogP contribution < -0.4 is 9.73 Å². The van der Waals surface area contributed by atoms with Crippen LogP contribution in [0.4, 0.5) is 10.3 Å². The van der Waals surface area contributed by atoms with Gasteiger partial charge in [0.2, 0.25) is 5.95 Å². The third-order valence-corrected chi connectivity index (χ3v) is 8.00. The summed E-state index contributed by atoms with van der Waals surface area (Å²) in [5.74, 6) is -0.118. The van der Waals surface area contributed by atoms with Crippen LogP contribution in [0.1, 0.15) is 25.0 Å². The molecule has 2 heterocycles. The summed E-state index contributed by atoms with van der Waals surface area (Å²) in [6, 6.07) is 10.6. The fourth-order valence-corrected chi connectivity index (χ4v) is 5.51. The maximum atomic E-state index is 13.4. The van der Waals surface area contributed by atoms with Gasteiger partial charge in [0.15, 0.2) is 11.7 Å². The lowest BCUT2D eigenvalue weighted by molar-refractivity contribution is 0.00105. The average Bonchev–Trinajstić information content (AvgIpc) is 2.86. The maximum Gasteiger partial charge on any atom is 0.276 e. The number of nitrogens with zero attached hydrogens (tertiary/aromatic N) is 5. The van der Waals surface area contributed by atoms with E-state index in [9.17, 15) is 17.9 Å². The SMILES string of the molecule is Cc1ccc(S(=O)(=O)N/N=C(\c2c(Cl)cccc2Cl)N2CCN(c3ncc(F)cn3)CC2C(C)(C)O)cc1. The number of benzene rings is 2. The van der Waals surface area contributed by atoms with Gasteiger partial charge in [0.05, 0.1) is 44.5 Å². The molecular formula is C25H27Cl2FN6O3S. The minimum Gasteiger partial charge on any atom is -0.388 e. The van der Waals surface area contributed by atoms with Crippen LogP contribution in [0.2, 0.25) is 10.0 Å². The Morgan fingerprint density at radius 1 is 1.11 bits per heavy atom. The molecule has 13 heteroatoms. The summed E-state index contributed by atoms with van der Waals surface area (Å²) in [5, 5.41) is 16.0. The van der Waals surface area contributed by atoms with E-state index in [1.807, 2.05) is 6.92 Å². The van der Waals surface area contributed by atoms with Crippen LogP contribution in [0.5, 0.6) is 0 Å². The van der Waals surface area contributed by atoms with Crippen molar-refractivity contribution >= 4 is 45.0 Å². The van der Waals surface area contributed by atoms with E-state index >= 15 is 0 Å². The molecule has 1 saturated heterocycles. The number of halogens is 3. The van der Waals surface area contributed by atoms with Crippen LogP contribution in [0.25, 0.3) is 0 Å². The summed E-state index contributed by atoms with van der Waals surface area (Å²) >= 11 is 13.1. The molecule has 1 aromatic heterocycles. The van der Waals surface area contributed by atoms with Crippen LogP contribution in [0, 0.1) is 12.7 Å². The first-order chi connectivity index (χ1) is 17.9. The van der Waals surface area contributed by atoms with Crippen LogP contribution >= 0.6 is 23.2 Å². The number of hydrazone groups is 1. The van der Waals surface area contributed by atoms with Crippen LogP contribution in [0.15, 0.2) is 64.9 Å². The van der Waals surface area contributed by atoms with Crippen molar-refractivity contribution in [3.05, 3.63) is 81.8 Å². The first-order valence-electron chi connectivity index (χ1n) is 11.7. The van der Waals surface area contributed by atoms with Crippen molar-refractivity contribution in [2.75, 3.05) is 24.5 Å². The Bertz CT molecular complexity index is 1410. The van der Waals surface area contributed by atoms with Crippen LogP contribution in [-0.2, 0) is 10.0 Å². The smallest absolute Gasteiger partial charge is 0.276 e. The summed E-state index contributed by atoms with van der Waals surface area (Å²) in [4.78, 5) is 14.0. The number of rotatable bonds is 6. The number of aliphatic hydroxyl groups is 1. The quantitative estimate of drug-likeness (QED) is 0.259. The van der Waals surface area contributed by atoms with E-state index in [0.29, 0.717) is 18.1 Å². The zero-order chi connectivity index (χ0) is 27.7. The lowest BCUT2D eigenvalue weighted by Crippen LogP contribution is -2.63. The van der Waals surface area contributed by atoms with Crippen molar-refractivity contribution in [3.63, 3.8) is 0 Å². The molecule has 0 radical (unpaired) electrons. The predicted molar refractivity (Wildman–Crippen MR) is 145 cm³/mol. The molecule has 1 fully saturated rings. The lowest BCUT2D eigenvalue weighted by atomic mass is 9.93. The summed E-state index contributed by atoms with van der Waals surface area (Å²) in [6.45, 7) is 5.96. The zero-order valence-electron chi connectivity index (χ0n) is 20.9. The molecule has 0 spiro atoms. The third-order valence-electron chi connectivity index (χ3n) is 6.15. The minimum atomic E-state index is -4.03. The summed E-state index contributed by atoms with van der Waals surface area (Å²) < 4.78 is 39.5. The van der Waals surface area contributed by atoms with Crippen molar-refractivity contribution in [1.82, 2.24) is 19.7 Å². The van der Waals surface area contributed by atoms with Crippen molar-refractivity contribution in [2.24, 2.45) is 5.10 Å². The highest BCUT2D eigenvalue weighted by atomic mass is 35.5. The number of anilines is 1. The molecule has 1 unspecified atom stereocenters. The highest BCUT2D eigenvalue weighted by Gasteiger charge is 2.40. The molecule has 9 nitrogen and oxygen atoms in total. The molecule has 0 saturated carbocycles. The summed E-state index contributed by atoms with van der Waals surface area (Å²) in [5.41, 5.74) is -0.0848. The maximum absolute atomic E-state index is 13.4. The van der Waals surface area contributed by atoms with E-state index in [1.165, 1.54) is 12.1 Å². The van der Waals surface area contributed by atoms with Crippen LogP contribution in [0.3, 0.4) is 0 Å². The number of aromatic nitrogens is 2. The van der Waals surface area contributed by atoms with E-state index in [-0.39, 0.29) is 33.9 Å². The largest absolute Gasteiger partial charge is 0.388 e. The number of aryl methyl sites for hydroxylation is 1. The molecule has 1 aliphatic heterocycles. The number of piperazine rings is 1. The average molecular weight is 582 g/mol. The van der Waals surface area contributed by atoms with Gasteiger partial charge in [0.1, 0.15) is 0 Å². The Labute approximate surface area is 231 Å². The Morgan fingerprint density at radius 2 is 1.71 bits per heavy atom. The van der Waals surface area contributed by atoms with E-state index in [1.54, 1.807) is 54.0 Å². The van der Waals surface area contributed by atoms with E-state index in [0.717, 1.165) is 18.0 Å². The fraction of sp³-hybridized carbons (Fsp3) is 0.320. The summed E-state index contributed by atoms with van der Waals surface area (Å²) in [7, 11) is -4.03. The van der Waals surface area contributed by atoms with Gasteiger partial charge in [-0.3, -0.25) is 0 Å². The van der Waals surface area contributed by atoms with Crippen molar-refractivity contribution in [1.29, 1.82) is 0 Å². The van der Waals surface area contributed by atoms with Gasteiger partial charge in [-0.2, -0.15) is 13.2 Å². The van der Waals surface area contributed by atoms with E-state index in [2.05, 4.69) is 19.9 Å². The van der Waals surface area contributed by atoms with Gasteiger partial charge in [-0.15, -0.1) is 5.10 Å². The zero-order valence-corrected chi connectivity index (χ0v) is 23.3. The third kappa shape index (κ3) is 6.17. The molecule has 0 amide bonds. The Morgan fingerprint density at radius 3 is 2.29 bits per heavy atom. The van der Waals surface area contributed by atoms with Gasteiger partial charge < -0.3 is 14.9 Å². The molecule has 0 bridgehead atoms. The number of sulfonamides is 1. The number of amidine groups is 1. The predicted octanol–water partition coefficient (Wildman–Crippen LogP) is 3.83. The number of hydrogen-bond acceptors (Lipinski definition) is 7. The van der Waals surface area contributed by atoms with Gasteiger partial charge in [-0.25, -0.2) is 14.4 Å². The molecule has 2 N–H and O–H groups in total. The Kier molecular flexibility index (Phi) is 8.12. The number of hydrogen-bond donors (Lipinski definition) is 2. The van der Waals surface area contributed by atoms with Crippen molar-refractivity contribution in [2.45, 2.75) is 37.3 Å². The highest BCUT2D eigenvalue weighted by Crippen LogP contribution is 2.31. The van der Waals surface area contributed by atoms with Crippen molar-refractivity contribution < 1.29 is 17.9 Å². The molecule has 38 heavy (non-hydrogen) atoms. The molecule has 202 valence electrons. The van der Waals surface area contributed by atoms with Gasteiger partial charge in [0, 0.05) is 19.6 Å². The number of nitrogens with one attached hydrogen (secondary N) is 1. The molecule has 1 atom stereocenters. The topological polar surface area (TPSA) is 111 Å². The summed E-state index contributed by atoms with van der Waals surface area (Å²) in [6.07, 6.45) is 2.15. The first kappa shape index (κ1) is 28.0. The van der Waals surface area contributed by atoms with E-state index in [4.69, 9.17) is 23.2 Å². The van der Waals surface area contributed by atoms with Gasteiger partial charge >= 0.3 is 0 Å². The van der Waals surface area contributed by atoms with E-state index < -0.39 is 27.5 Å². The highest BCUT2D eigenvalue weighted by molar-refractivity contribution is 7.89. The molecular weight excluding hydrogens is 554 g/mol. The van der Waals surface area contributed by atoms with Gasteiger partial charge in [-0.05, 0) is 45.0 Å². The van der Waals surface area contributed by atoms with Crippen LogP contribution in [-0.4, -0.2) is 65.5 Å². The lowest BCUT2D eigenvalue weighted by Gasteiger charge is -2.47. The second kappa shape index (κ2) is 11.0. The molecule has 3 aromatic rings. The Balaban J connectivity index is 1.76.